The van der Waals surface area contributed by atoms with Crippen molar-refractivity contribution in [3.63, 3.8) is 0 Å². The minimum Gasteiger partial charge on any atom is -0.377 e. The third kappa shape index (κ3) is 4.30. The zero-order valence-electron chi connectivity index (χ0n) is 13.0. The topological polar surface area (TPSA) is 38.5 Å². The minimum absolute atomic E-state index is 0.0719. The molecule has 0 saturated carbocycles. The molecule has 1 fully saturated rings. The molecule has 3 nitrogen and oxygen atoms in total. The first-order chi connectivity index (χ1) is 9.56. The quantitative estimate of drug-likeness (QED) is 0.868. The van der Waals surface area contributed by atoms with Gasteiger partial charge in [-0.2, -0.15) is 0 Å². The lowest BCUT2D eigenvalue weighted by atomic mass is 9.99. The van der Waals surface area contributed by atoms with E-state index in [0.717, 1.165) is 19.7 Å². The molecule has 1 aliphatic rings. The van der Waals surface area contributed by atoms with Gasteiger partial charge in [-0.05, 0) is 36.9 Å². The molecule has 1 aromatic rings. The van der Waals surface area contributed by atoms with Crippen molar-refractivity contribution in [1.29, 1.82) is 0 Å². The fourth-order valence-corrected chi connectivity index (χ4v) is 2.78. The number of nitrogens with two attached hydrogens (primary N) is 1. The van der Waals surface area contributed by atoms with Crippen molar-refractivity contribution in [3.8, 4) is 0 Å². The molecule has 20 heavy (non-hydrogen) atoms. The fourth-order valence-electron chi connectivity index (χ4n) is 2.78. The van der Waals surface area contributed by atoms with E-state index in [9.17, 15) is 0 Å². The summed E-state index contributed by atoms with van der Waals surface area (Å²) in [5.74, 6) is 0.572. The molecule has 0 bridgehead atoms. The first-order valence-electron chi connectivity index (χ1n) is 7.72. The fraction of sp³-hybridized carbons (Fsp3) is 0.647. The Morgan fingerprint density at radius 1 is 1.25 bits per heavy atom. The van der Waals surface area contributed by atoms with E-state index < -0.39 is 0 Å². The van der Waals surface area contributed by atoms with Crippen LogP contribution in [0.3, 0.4) is 0 Å². The Labute approximate surface area is 123 Å². The van der Waals surface area contributed by atoms with E-state index in [0.29, 0.717) is 12.0 Å². The molecular weight excluding hydrogens is 248 g/mol. The van der Waals surface area contributed by atoms with Crippen LogP contribution >= 0.6 is 0 Å². The van der Waals surface area contributed by atoms with Gasteiger partial charge in [0.05, 0.1) is 6.10 Å². The van der Waals surface area contributed by atoms with Crippen LogP contribution in [0.5, 0.6) is 0 Å². The summed E-state index contributed by atoms with van der Waals surface area (Å²) in [6, 6.07) is 8.79. The largest absolute Gasteiger partial charge is 0.377 e. The molecule has 2 atom stereocenters. The Balaban J connectivity index is 1.85. The molecule has 2 unspecified atom stereocenters. The second kappa shape index (κ2) is 7.21. The maximum Gasteiger partial charge on any atom is 0.0702 e. The molecular formula is C17H28N2O. The van der Waals surface area contributed by atoms with E-state index in [-0.39, 0.29) is 6.04 Å². The number of hydrogen-bond acceptors (Lipinski definition) is 3. The zero-order chi connectivity index (χ0) is 14.5. The smallest absolute Gasteiger partial charge is 0.0702 e. The molecule has 1 aromatic carbocycles. The van der Waals surface area contributed by atoms with Crippen molar-refractivity contribution in [2.45, 2.75) is 44.8 Å². The van der Waals surface area contributed by atoms with Gasteiger partial charge in [-0.3, -0.25) is 0 Å². The van der Waals surface area contributed by atoms with Crippen LogP contribution in [0.15, 0.2) is 24.3 Å². The van der Waals surface area contributed by atoms with Crippen molar-refractivity contribution in [2.75, 3.05) is 26.7 Å². The van der Waals surface area contributed by atoms with Crippen molar-refractivity contribution in [1.82, 2.24) is 4.90 Å². The van der Waals surface area contributed by atoms with Crippen LogP contribution in [0.2, 0.25) is 0 Å². The number of likely N-dealkylation sites (N-methyl/N-ethyl adjacent to an activating group) is 1. The average molecular weight is 276 g/mol. The van der Waals surface area contributed by atoms with Gasteiger partial charge in [0, 0.05) is 25.7 Å². The second-order valence-corrected chi connectivity index (χ2v) is 6.28. The van der Waals surface area contributed by atoms with Gasteiger partial charge >= 0.3 is 0 Å². The standard InChI is InChI=1S/C17H28N2O/c1-13(2)14-6-8-15(9-7-14)17(18)12-19(3)11-16-5-4-10-20-16/h6-9,13,16-17H,4-5,10-12,18H2,1-3H3. The summed E-state index contributed by atoms with van der Waals surface area (Å²) in [5, 5.41) is 0. The van der Waals surface area contributed by atoms with Gasteiger partial charge in [0.25, 0.3) is 0 Å². The van der Waals surface area contributed by atoms with Crippen LogP contribution in [-0.2, 0) is 4.74 Å². The van der Waals surface area contributed by atoms with Crippen LogP contribution in [0.4, 0.5) is 0 Å². The Hall–Kier alpha value is -0.900. The summed E-state index contributed by atoms with van der Waals surface area (Å²) < 4.78 is 5.67. The van der Waals surface area contributed by atoms with Crippen molar-refractivity contribution >= 4 is 0 Å². The number of rotatable bonds is 6. The lowest BCUT2D eigenvalue weighted by molar-refractivity contribution is 0.0796. The molecule has 2 rings (SSSR count). The Morgan fingerprint density at radius 3 is 2.45 bits per heavy atom. The lowest BCUT2D eigenvalue weighted by Crippen LogP contribution is -2.34. The summed E-state index contributed by atoms with van der Waals surface area (Å²) >= 11 is 0. The molecule has 0 spiro atoms. The molecule has 1 heterocycles. The lowest BCUT2D eigenvalue weighted by Gasteiger charge is -2.24. The van der Waals surface area contributed by atoms with Gasteiger partial charge in [0.1, 0.15) is 0 Å². The zero-order valence-corrected chi connectivity index (χ0v) is 13.0. The highest BCUT2D eigenvalue weighted by Gasteiger charge is 2.18. The minimum atomic E-state index is 0.0719. The summed E-state index contributed by atoms with van der Waals surface area (Å²) in [4.78, 5) is 2.29. The van der Waals surface area contributed by atoms with Crippen LogP contribution in [-0.4, -0.2) is 37.7 Å². The van der Waals surface area contributed by atoms with Crippen molar-refractivity contribution in [3.05, 3.63) is 35.4 Å². The average Bonchev–Trinajstić information content (AvgIpc) is 2.91. The normalized spacial score (nSPS) is 20.8. The monoisotopic (exact) mass is 276 g/mol. The van der Waals surface area contributed by atoms with E-state index in [4.69, 9.17) is 10.5 Å². The first-order valence-corrected chi connectivity index (χ1v) is 7.72. The maximum absolute atomic E-state index is 6.31. The molecule has 0 radical (unpaired) electrons. The van der Waals surface area contributed by atoms with Gasteiger partial charge in [-0.15, -0.1) is 0 Å². The van der Waals surface area contributed by atoms with Crippen molar-refractivity contribution in [2.24, 2.45) is 5.73 Å². The molecule has 3 heteroatoms. The highest BCUT2D eigenvalue weighted by molar-refractivity contribution is 5.26. The first kappa shape index (κ1) is 15.5. The predicted octanol–water partition coefficient (Wildman–Crippen LogP) is 2.92. The van der Waals surface area contributed by atoms with E-state index in [1.807, 2.05) is 0 Å². The van der Waals surface area contributed by atoms with Gasteiger partial charge < -0.3 is 15.4 Å². The molecule has 1 aliphatic heterocycles. The third-order valence-corrected chi connectivity index (χ3v) is 4.08. The van der Waals surface area contributed by atoms with Crippen LogP contribution in [0.25, 0.3) is 0 Å². The van der Waals surface area contributed by atoms with Gasteiger partial charge in [0.15, 0.2) is 0 Å². The van der Waals surface area contributed by atoms with E-state index >= 15 is 0 Å². The summed E-state index contributed by atoms with van der Waals surface area (Å²) in [5.41, 5.74) is 8.90. The van der Waals surface area contributed by atoms with Crippen LogP contribution in [0, 0.1) is 0 Å². The highest BCUT2D eigenvalue weighted by Crippen LogP contribution is 2.19. The number of benzene rings is 1. The van der Waals surface area contributed by atoms with Crippen LogP contribution < -0.4 is 5.73 Å². The van der Waals surface area contributed by atoms with Gasteiger partial charge in [-0.1, -0.05) is 38.1 Å². The second-order valence-electron chi connectivity index (χ2n) is 6.28. The van der Waals surface area contributed by atoms with Gasteiger partial charge in [0.2, 0.25) is 0 Å². The van der Waals surface area contributed by atoms with E-state index in [1.54, 1.807) is 0 Å². The summed E-state index contributed by atoms with van der Waals surface area (Å²) in [6.07, 6.45) is 2.78. The molecule has 112 valence electrons. The predicted molar refractivity (Wildman–Crippen MR) is 83.9 cm³/mol. The maximum atomic E-state index is 6.31. The third-order valence-electron chi connectivity index (χ3n) is 4.08. The van der Waals surface area contributed by atoms with Crippen LogP contribution in [0.1, 0.15) is 49.8 Å². The van der Waals surface area contributed by atoms with Crippen molar-refractivity contribution < 1.29 is 4.74 Å². The van der Waals surface area contributed by atoms with E-state index in [2.05, 4.69) is 50.1 Å². The summed E-state index contributed by atoms with van der Waals surface area (Å²) in [6.45, 7) is 7.20. The highest BCUT2D eigenvalue weighted by atomic mass is 16.5. The number of nitrogens with zero attached hydrogens (tertiary/aromatic N) is 1. The van der Waals surface area contributed by atoms with E-state index in [1.165, 1.54) is 24.0 Å². The number of ether oxygens (including phenoxy) is 1. The molecule has 0 aromatic heterocycles. The summed E-state index contributed by atoms with van der Waals surface area (Å²) in [7, 11) is 2.13. The molecule has 1 saturated heterocycles. The number of hydrogen-bond donors (Lipinski definition) is 1. The Morgan fingerprint density at radius 2 is 1.90 bits per heavy atom. The van der Waals surface area contributed by atoms with Gasteiger partial charge in [-0.25, -0.2) is 0 Å². The Kier molecular flexibility index (Phi) is 5.58. The molecule has 2 N–H and O–H groups in total. The SMILES string of the molecule is CC(C)c1ccc(C(N)CN(C)CC2CCCO2)cc1. The Bertz CT molecular complexity index is 396. The molecule has 0 aliphatic carbocycles. The molecule has 0 amide bonds.